The molecule has 0 saturated carbocycles. The van der Waals surface area contributed by atoms with Gasteiger partial charge in [-0.25, -0.2) is 4.79 Å². The zero-order valence-electron chi connectivity index (χ0n) is 30.5. The highest BCUT2D eigenvalue weighted by molar-refractivity contribution is 6.35. The van der Waals surface area contributed by atoms with Crippen LogP contribution >= 0.6 is 11.6 Å². The second-order valence-electron chi connectivity index (χ2n) is 13.6. The van der Waals surface area contributed by atoms with E-state index in [2.05, 4.69) is 10.6 Å². The molecule has 16 nitrogen and oxygen atoms in total. The fraction of sp³-hybridized carbons (Fsp3) is 0.500. The number of amides is 2. The summed E-state index contributed by atoms with van der Waals surface area (Å²) in [4.78, 5) is 39.5. The molecule has 0 radical (unpaired) electrons. The van der Waals surface area contributed by atoms with Crippen LogP contribution in [0.4, 0.5) is 21.9 Å². The lowest BCUT2D eigenvalue weighted by Crippen LogP contribution is -2.63. The molecule has 0 aliphatic carbocycles. The molecule has 2 aromatic rings. The average Bonchev–Trinajstić information content (AvgIpc) is 3.81. The van der Waals surface area contributed by atoms with Crippen LogP contribution in [0.3, 0.4) is 0 Å². The summed E-state index contributed by atoms with van der Waals surface area (Å²) in [5, 5.41) is 40.0. The first-order valence-electron chi connectivity index (χ1n) is 16.8. The van der Waals surface area contributed by atoms with Gasteiger partial charge < -0.3 is 48.9 Å². The van der Waals surface area contributed by atoms with Gasteiger partial charge in [-0.1, -0.05) is 42.3 Å². The number of methoxy groups -OCH3 is 3. The first kappa shape index (κ1) is 39.8. The number of rotatable bonds is 8. The van der Waals surface area contributed by atoms with Gasteiger partial charge in [-0.3, -0.25) is 20.2 Å². The van der Waals surface area contributed by atoms with Crippen molar-refractivity contribution in [2.24, 2.45) is 5.92 Å². The Morgan fingerprint density at radius 1 is 1.19 bits per heavy atom. The summed E-state index contributed by atoms with van der Waals surface area (Å²) in [5.74, 6) is -0.464. The van der Waals surface area contributed by atoms with E-state index in [9.17, 15) is 29.9 Å². The average molecular weight is 761 g/mol. The Balaban J connectivity index is 1.54. The number of nitro benzene ring substituents is 1. The molecule has 288 valence electrons. The predicted molar refractivity (Wildman–Crippen MR) is 193 cm³/mol. The van der Waals surface area contributed by atoms with Gasteiger partial charge in [0, 0.05) is 26.5 Å². The molecular weight excluding hydrogens is 716 g/mol. The molecule has 4 bridgehead atoms. The molecule has 2 saturated heterocycles. The van der Waals surface area contributed by atoms with Crippen molar-refractivity contribution in [3.63, 3.8) is 0 Å². The van der Waals surface area contributed by atoms with Crippen molar-refractivity contribution in [2.45, 2.75) is 82.2 Å². The number of halogens is 1. The van der Waals surface area contributed by atoms with Crippen LogP contribution < -0.4 is 25.0 Å². The van der Waals surface area contributed by atoms with Crippen LogP contribution in [-0.2, 0) is 30.2 Å². The molecule has 1 unspecified atom stereocenters. The number of aliphatic hydroxyl groups excluding tert-OH is 1. The number of nitro groups is 1. The molecule has 3 aliphatic rings. The highest BCUT2D eigenvalue weighted by Gasteiger charge is 2.64. The van der Waals surface area contributed by atoms with Gasteiger partial charge in [-0.2, -0.15) is 0 Å². The maximum Gasteiger partial charge on any atom is 0.409 e. The maximum atomic E-state index is 14.1. The van der Waals surface area contributed by atoms with Crippen molar-refractivity contribution in [2.75, 3.05) is 38.6 Å². The van der Waals surface area contributed by atoms with Gasteiger partial charge in [0.05, 0.1) is 43.4 Å². The highest BCUT2D eigenvalue weighted by atomic mass is 35.5. The highest BCUT2D eigenvalue weighted by Crippen LogP contribution is 2.49. The van der Waals surface area contributed by atoms with E-state index in [0.717, 1.165) is 11.1 Å². The number of nitrogens with zero attached hydrogens (tertiary/aromatic N) is 2. The predicted octanol–water partition coefficient (Wildman–Crippen LogP) is 4.45. The second kappa shape index (κ2) is 15.9. The van der Waals surface area contributed by atoms with Gasteiger partial charge in [0.25, 0.3) is 5.69 Å². The number of epoxide rings is 1. The lowest BCUT2D eigenvalue weighted by Gasteiger charge is -2.42. The van der Waals surface area contributed by atoms with Crippen molar-refractivity contribution >= 4 is 40.7 Å². The van der Waals surface area contributed by atoms with Crippen molar-refractivity contribution in [3.8, 4) is 11.5 Å². The van der Waals surface area contributed by atoms with Crippen molar-refractivity contribution in [3.05, 3.63) is 74.8 Å². The van der Waals surface area contributed by atoms with E-state index < -0.39 is 65.0 Å². The number of benzene rings is 2. The Morgan fingerprint density at radius 2 is 1.92 bits per heavy atom. The van der Waals surface area contributed by atoms with E-state index in [1.165, 1.54) is 44.4 Å². The maximum absolute atomic E-state index is 14.1. The number of anilines is 2. The molecule has 0 spiro atoms. The van der Waals surface area contributed by atoms with Crippen LogP contribution in [0.2, 0.25) is 5.02 Å². The molecule has 8 atom stereocenters. The van der Waals surface area contributed by atoms with E-state index >= 15 is 0 Å². The summed E-state index contributed by atoms with van der Waals surface area (Å²) >= 11 is 6.73. The smallest absolute Gasteiger partial charge is 0.409 e. The van der Waals surface area contributed by atoms with E-state index in [1.54, 1.807) is 45.2 Å². The lowest BCUT2D eigenvalue weighted by molar-refractivity contribution is -0.384. The van der Waals surface area contributed by atoms with Crippen molar-refractivity contribution in [1.82, 2.24) is 5.32 Å². The summed E-state index contributed by atoms with van der Waals surface area (Å²) < 4.78 is 34.2. The molecule has 17 heteroatoms. The zero-order valence-corrected chi connectivity index (χ0v) is 31.2. The number of aliphatic hydroxyl groups is 2. The van der Waals surface area contributed by atoms with E-state index in [1.807, 2.05) is 13.0 Å². The number of fused-ring (bicyclic) bond motifs is 5. The van der Waals surface area contributed by atoms with Crippen LogP contribution in [-0.4, -0.2) is 97.7 Å². The van der Waals surface area contributed by atoms with Crippen LogP contribution in [0.5, 0.6) is 11.5 Å². The fourth-order valence-corrected chi connectivity index (χ4v) is 7.18. The van der Waals surface area contributed by atoms with Crippen LogP contribution in [0, 0.1) is 16.0 Å². The monoisotopic (exact) mass is 760 g/mol. The summed E-state index contributed by atoms with van der Waals surface area (Å²) in [7, 11) is 5.79. The van der Waals surface area contributed by atoms with Gasteiger partial charge >= 0.3 is 6.09 Å². The first-order valence-corrected chi connectivity index (χ1v) is 17.2. The van der Waals surface area contributed by atoms with Gasteiger partial charge in [-0.15, -0.1) is 0 Å². The molecular formula is C36H45ClN4O12. The standard InChI is InChI=1S/C36H45ClN4O12/c1-19-9-8-10-28(50-7)36(45)18-27(51-34(44)39-36)20(2)32-35(3,53-32)29(52-33(43)38-23-12-11-22(48-5)16-24(23)41(46)47)17-30(42)40(4)25-14-21(13-19)15-26(49-6)31(25)37/h8-12,14-16,20,27-29,32-33,38,43,45H,13,17-18H2,1-7H3,(H,39,44)/b10-8+,19-9+/t20-,27+,28-,29+,32+,33?,35+,36+/m1/s1. The Kier molecular flexibility index (Phi) is 11.9. The quantitative estimate of drug-likeness (QED) is 0.127. The second-order valence-corrected chi connectivity index (χ2v) is 13.9. The van der Waals surface area contributed by atoms with E-state index in [0.29, 0.717) is 17.9 Å². The van der Waals surface area contributed by atoms with Crippen LogP contribution in [0.15, 0.2) is 54.1 Å². The zero-order chi connectivity index (χ0) is 38.8. The summed E-state index contributed by atoms with van der Waals surface area (Å²) in [5.41, 5.74) is -1.52. The van der Waals surface area contributed by atoms with Gasteiger partial charge in [-0.05, 0) is 50.1 Å². The Morgan fingerprint density at radius 3 is 2.58 bits per heavy atom. The minimum atomic E-state index is -1.86. The lowest BCUT2D eigenvalue weighted by atomic mass is 9.83. The largest absolute Gasteiger partial charge is 0.496 e. The molecule has 0 aromatic heterocycles. The number of alkyl carbamates (subject to hydrolysis) is 1. The molecule has 2 fully saturated rings. The third-order valence-electron chi connectivity index (χ3n) is 9.92. The molecule has 3 aliphatic heterocycles. The normalized spacial score (nSPS) is 31.2. The molecule has 2 amide bonds. The number of carbonyl (C=O) groups excluding carboxylic acids is 2. The summed E-state index contributed by atoms with van der Waals surface area (Å²) in [6.07, 6.45) is -1.23. The SMILES string of the molecule is COc1ccc(NC(O)O[C@H]2CC(=O)N(C)c3cc(cc(OC)c3Cl)C/C(C)=C/C=C/[C@@H](OC)[C@@]3(O)C[C@H](OC(=O)N3)[C@@H](C)[C@@H]3O[C@@]23C)c([N+](=O)[O-])c1. The molecule has 2 aromatic carbocycles. The summed E-state index contributed by atoms with van der Waals surface area (Å²) in [6.45, 7) is 5.35. The third kappa shape index (κ3) is 8.53. The Hall–Kier alpha value is -4.45. The number of hydrogen-bond acceptors (Lipinski definition) is 13. The first-order chi connectivity index (χ1) is 25.0. The van der Waals surface area contributed by atoms with Gasteiger partial charge in [0.15, 0.2) is 5.72 Å². The number of nitrogens with one attached hydrogen (secondary N) is 2. The Bertz CT molecular complexity index is 1790. The van der Waals surface area contributed by atoms with Crippen molar-refractivity contribution in [1.29, 1.82) is 0 Å². The van der Waals surface area contributed by atoms with E-state index in [4.69, 9.17) is 40.0 Å². The minimum Gasteiger partial charge on any atom is -0.496 e. The van der Waals surface area contributed by atoms with Crippen molar-refractivity contribution < 1.29 is 53.1 Å². The summed E-state index contributed by atoms with van der Waals surface area (Å²) in [6, 6.07) is 7.54. The molecule has 5 rings (SSSR count). The van der Waals surface area contributed by atoms with E-state index in [-0.39, 0.29) is 35.0 Å². The topological polar surface area (TPSA) is 204 Å². The minimum absolute atomic E-state index is 0.0719. The number of ether oxygens (including phenoxy) is 6. The van der Waals surface area contributed by atoms with Crippen LogP contribution in [0.25, 0.3) is 0 Å². The van der Waals surface area contributed by atoms with Crippen LogP contribution in [0.1, 0.15) is 39.2 Å². The fourth-order valence-electron chi connectivity index (χ4n) is 6.86. The van der Waals surface area contributed by atoms with Gasteiger partial charge in [0.2, 0.25) is 12.3 Å². The number of hydrogen-bond donors (Lipinski definition) is 4. The molecule has 3 heterocycles. The third-order valence-corrected chi connectivity index (χ3v) is 10.3. The molecule has 4 N–H and O–H groups in total. The number of carbonyl (C=O) groups is 2. The van der Waals surface area contributed by atoms with Gasteiger partial charge in [0.1, 0.15) is 46.1 Å². The number of allylic oxidation sites excluding steroid dienone is 3. The Labute approximate surface area is 311 Å². The molecule has 53 heavy (non-hydrogen) atoms.